The van der Waals surface area contributed by atoms with Gasteiger partial charge in [-0.15, -0.1) is 0 Å². The number of allylic oxidation sites excluding steroid dienone is 5. The average Bonchev–Trinajstić information content (AvgIpc) is 3.35. The van der Waals surface area contributed by atoms with E-state index in [1.807, 2.05) is 0 Å². The minimum absolute atomic E-state index is 0.0982. The summed E-state index contributed by atoms with van der Waals surface area (Å²) in [6, 6.07) is 26.6. The van der Waals surface area contributed by atoms with Crippen molar-refractivity contribution in [1.82, 2.24) is 0 Å². The third-order valence-corrected chi connectivity index (χ3v) is 9.40. The van der Waals surface area contributed by atoms with E-state index in [4.69, 9.17) is 0 Å². The van der Waals surface area contributed by atoms with Crippen molar-refractivity contribution in [3.63, 3.8) is 0 Å². The molecule has 0 aromatic heterocycles. The van der Waals surface area contributed by atoms with Gasteiger partial charge in [0.25, 0.3) is 0 Å². The highest BCUT2D eigenvalue weighted by molar-refractivity contribution is 7.80. The third kappa shape index (κ3) is 4.56. The molecule has 4 aromatic carbocycles. The fourth-order valence-corrected chi connectivity index (χ4v) is 7.34. The van der Waals surface area contributed by atoms with Gasteiger partial charge in [0.15, 0.2) is 5.71 Å². The topological polar surface area (TPSA) is 6.25 Å². The Morgan fingerprint density at radius 2 is 1.45 bits per heavy atom. The summed E-state index contributed by atoms with van der Waals surface area (Å²) in [5, 5.41) is 5.27. The molecule has 0 saturated heterocycles. The van der Waals surface area contributed by atoms with Gasteiger partial charge in [-0.25, -0.2) is 0 Å². The fourth-order valence-electron chi connectivity index (χ4n) is 7.20. The number of benzene rings is 4. The van der Waals surface area contributed by atoms with Crippen LogP contribution in [0.4, 0.5) is 11.4 Å². The van der Waals surface area contributed by atoms with E-state index in [0.717, 1.165) is 25.3 Å². The van der Waals surface area contributed by atoms with Crippen LogP contribution in [0.1, 0.15) is 52.2 Å². The van der Waals surface area contributed by atoms with Gasteiger partial charge in [0.1, 0.15) is 6.54 Å². The molecule has 2 aliphatic rings. The number of hydrogen-bond donors (Lipinski definition) is 1. The Morgan fingerprint density at radius 3 is 2.14 bits per heavy atom. The van der Waals surface area contributed by atoms with E-state index in [0.29, 0.717) is 0 Å². The monoisotopic (exact) mass is 569 g/mol. The van der Waals surface area contributed by atoms with Crippen molar-refractivity contribution < 1.29 is 4.58 Å². The van der Waals surface area contributed by atoms with E-state index in [-0.39, 0.29) is 10.8 Å². The fraction of sp³-hybridized carbons (Fsp3) is 0.282. The molecule has 0 N–H and O–H groups in total. The number of hydrogen-bond acceptors (Lipinski definition) is 2. The standard InChI is InChI=1S/C39H40N2S/c1-6-40-32-24-22-28-16-11-13-18-30(28)36(32)38(2,3)34(40)20-9-7-8-10-21-35-39(4,5)37-31-19-14-12-17-29(31)23-25-33(37)41(35)26-15-27-42/h7-14,16-19,21-25H,6,15,26-27H2,1-5H3/p+1/b8-7+,21-10+. The van der Waals surface area contributed by atoms with Crippen LogP contribution < -0.4 is 4.90 Å². The van der Waals surface area contributed by atoms with E-state index >= 15 is 0 Å². The second-order valence-electron chi connectivity index (χ2n) is 12.4. The molecule has 3 heteroatoms. The number of anilines is 1. The predicted molar refractivity (Wildman–Crippen MR) is 185 cm³/mol. The Labute approximate surface area is 256 Å². The van der Waals surface area contributed by atoms with E-state index in [1.54, 1.807) is 0 Å². The van der Waals surface area contributed by atoms with Crippen molar-refractivity contribution in [3.8, 4) is 0 Å². The number of likely N-dealkylation sites (N-methyl/N-ethyl adjacent to an activating group) is 1. The first kappa shape index (κ1) is 28.3. The van der Waals surface area contributed by atoms with Gasteiger partial charge in [-0.05, 0) is 85.7 Å². The van der Waals surface area contributed by atoms with Gasteiger partial charge >= 0.3 is 0 Å². The third-order valence-electron chi connectivity index (χ3n) is 9.09. The summed E-state index contributed by atoms with van der Waals surface area (Å²) >= 11 is 4.52. The van der Waals surface area contributed by atoms with Crippen molar-refractivity contribution in [2.24, 2.45) is 0 Å². The predicted octanol–water partition coefficient (Wildman–Crippen LogP) is 9.66. The van der Waals surface area contributed by atoms with Crippen LogP contribution >= 0.6 is 12.6 Å². The van der Waals surface area contributed by atoms with Crippen LogP contribution in [0.3, 0.4) is 0 Å². The lowest BCUT2D eigenvalue weighted by atomic mass is 9.79. The Bertz CT molecular complexity index is 1840. The highest BCUT2D eigenvalue weighted by Gasteiger charge is 2.45. The number of nitrogens with zero attached hydrogens (tertiary/aromatic N) is 2. The van der Waals surface area contributed by atoms with Crippen molar-refractivity contribution in [2.45, 2.75) is 51.9 Å². The van der Waals surface area contributed by atoms with Crippen LogP contribution in [0.2, 0.25) is 0 Å². The normalized spacial score (nSPS) is 17.1. The average molecular weight is 570 g/mol. The molecule has 6 rings (SSSR count). The van der Waals surface area contributed by atoms with E-state index in [1.165, 1.54) is 55.5 Å². The van der Waals surface area contributed by atoms with Crippen molar-refractivity contribution >= 4 is 51.3 Å². The molecule has 2 aliphatic heterocycles. The summed E-state index contributed by atoms with van der Waals surface area (Å²) in [6.45, 7) is 13.5. The molecule has 0 unspecified atom stereocenters. The second kappa shape index (κ2) is 11.1. The molecular weight excluding hydrogens is 529 g/mol. The SMILES string of the molecule is CCN1C(=C=C/C=C/C=C/C2=[N+](CCCS)c3ccc4ccccc4c3C2(C)C)C(C)(C)c2c1ccc1ccccc21. The molecular formula is C39H41N2S+. The molecule has 4 aromatic rings. The number of thiol groups is 1. The molecule has 0 bridgehead atoms. The van der Waals surface area contributed by atoms with Gasteiger partial charge in [0.2, 0.25) is 5.69 Å². The summed E-state index contributed by atoms with van der Waals surface area (Å²) in [7, 11) is 0. The maximum absolute atomic E-state index is 4.52. The first-order chi connectivity index (χ1) is 20.3. The van der Waals surface area contributed by atoms with Crippen LogP contribution in [-0.2, 0) is 10.8 Å². The van der Waals surface area contributed by atoms with E-state index in [2.05, 4.69) is 166 Å². The van der Waals surface area contributed by atoms with Crippen LogP contribution in [0.15, 0.2) is 115 Å². The molecule has 0 aliphatic carbocycles. The van der Waals surface area contributed by atoms with Gasteiger partial charge in [0, 0.05) is 41.8 Å². The molecule has 42 heavy (non-hydrogen) atoms. The smallest absolute Gasteiger partial charge is 0.210 e. The summed E-state index contributed by atoms with van der Waals surface area (Å²) < 4.78 is 2.50. The molecule has 0 spiro atoms. The minimum atomic E-state index is -0.127. The first-order valence-electron chi connectivity index (χ1n) is 15.2. The van der Waals surface area contributed by atoms with Crippen molar-refractivity contribution in [1.29, 1.82) is 0 Å². The Hall–Kier alpha value is -3.78. The highest BCUT2D eigenvalue weighted by Crippen LogP contribution is 2.50. The van der Waals surface area contributed by atoms with Crippen LogP contribution in [0.25, 0.3) is 21.5 Å². The van der Waals surface area contributed by atoms with Gasteiger partial charge in [0.05, 0.1) is 11.1 Å². The zero-order chi connectivity index (χ0) is 29.5. The summed E-state index contributed by atoms with van der Waals surface area (Å²) in [5.74, 6) is 0.876. The van der Waals surface area contributed by atoms with Gasteiger partial charge < -0.3 is 4.90 Å². The van der Waals surface area contributed by atoms with E-state index < -0.39 is 0 Å². The van der Waals surface area contributed by atoms with Crippen LogP contribution in [-0.4, -0.2) is 29.1 Å². The number of fused-ring (bicyclic) bond motifs is 6. The van der Waals surface area contributed by atoms with Crippen LogP contribution in [0.5, 0.6) is 0 Å². The zero-order valence-corrected chi connectivity index (χ0v) is 26.4. The lowest BCUT2D eigenvalue weighted by Crippen LogP contribution is -2.28. The molecule has 212 valence electrons. The largest absolute Gasteiger partial charge is 0.338 e. The Morgan fingerprint density at radius 1 is 0.786 bits per heavy atom. The Kier molecular flexibility index (Phi) is 7.51. The molecule has 2 heterocycles. The first-order valence-corrected chi connectivity index (χ1v) is 15.8. The van der Waals surface area contributed by atoms with Crippen molar-refractivity contribution in [3.05, 3.63) is 126 Å². The molecule has 0 amide bonds. The molecule has 0 radical (unpaired) electrons. The molecule has 0 saturated carbocycles. The molecule has 0 fully saturated rings. The highest BCUT2D eigenvalue weighted by atomic mass is 32.1. The summed E-state index contributed by atoms with van der Waals surface area (Å²) in [6.07, 6.45) is 11.8. The summed E-state index contributed by atoms with van der Waals surface area (Å²) in [4.78, 5) is 2.42. The lowest BCUT2D eigenvalue weighted by molar-refractivity contribution is -0.437. The van der Waals surface area contributed by atoms with E-state index in [9.17, 15) is 0 Å². The summed E-state index contributed by atoms with van der Waals surface area (Å²) in [5.41, 5.74) is 11.4. The van der Waals surface area contributed by atoms with Crippen molar-refractivity contribution in [2.75, 3.05) is 23.7 Å². The second-order valence-corrected chi connectivity index (χ2v) is 12.8. The van der Waals surface area contributed by atoms with Crippen LogP contribution in [0, 0.1) is 0 Å². The van der Waals surface area contributed by atoms with Gasteiger partial charge in [-0.3, -0.25) is 0 Å². The molecule has 2 nitrogen and oxygen atoms in total. The molecule has 0 atom stereocenters. The zero-order valence-electron chi connectivity index (χ0n) is 25.5. The lowest BCUT2D eigenvalue weighted by Gasteiger charge is -2.24. The number of rotatable bonds is 7. The maximum atomic E-state index is 4.52. The Balaban J connectivity index is 1.32. The van der Waals surface area contributed by atoms with Gasteiger partial charge in [-0.1, -0.05) is 78.6 Å². The van der Waals surface area contributed by atoms with Gasteiger partial charge in [-0.2, -0.15) is 17.2 Å². The minimum Gasteiger partial charge on any atom is -0.338 e. The quantitative estimate of drug-likeness (QED) is 0.101. The maximum Gasteiger partial charge on any atom is 0.210 e.